The number of nitrogens with zero attached hydrogens (tertiary/aromatic N) is 4. The Labute approximate surface area is 110 Å². The molecule has 0 aliphatic carbocycles. The molecule has 0 saturated carbocycles. The summed E-state index contributed by atoms with van der Waals surface area (Å²) in [6.07, 6.45) is 4.55. The fourth-order valence-corrected chi connectivity index (χ4v) is 1.85. The molecule has 2 aromatic heterocycles. The molecule has 2 N–H and O–H groups in total. The molecule has 9 heteroatoms. The van der Waals surface area contributed by atoms with Gasteiger partial charge < -0.3 is 5.32 Å². The zero-order valence-electron chi connectivity index (χ0n) is 10.3. The normalized spacial score (nSPS) is 11.4. The molecular formula is C10H14N6O2S. The van der Waals surface area contributed by atoms with Crippen LogP contribution in [0.3, 0.4) is 0 Å². The van der Waals surface area contributed by atoms with Crippen molar-refractivity contribution in [2.45, 2.75) is 0 Å². The van der Waals surface area contributed by atoms with Crippen molar-refractivity contribution in [3.63, 3.8) is 0 Å². The number of sulfonamides is 1. The largest absolute Gasteiger partial charge is 0.367 e. The summed E-state index contributed by atoms with van der Waals surface area (Å²) < 4.78 is 25.7. The number of hydrogen-bond donors (Lipinski definition) is 2. The number of anilines is 1. The Hall–Kier alpha value is -2.00. The molecule has 0 unspecified atom stereocenters. The first-order chi connectivity index (χ1) is 9.04. The Morgan fingerprint density at radius 3 is 2.68 bits per heavy atom. The average molecular weight is 282 g/mol. The fourth-order valence-electron chi connectivity index (χ4n) is 1.37. The molecule has 0 radical (unpaired) electrons. The summed E-state index contributed by atoms with van der Waals surface area (Å²) in [7, 11) is -3.15. The van der Waals surface area contributed by atoms with Gasteiger partial charge in [-0.05, 0) is 18.2 Å². The lowest BCUT2D eigenvalue weighted by Gasteiger charge is -2.06. The van der Waals surface area contributed by atoms with Crippen LogP contribution in [0.4, 0.5) is 5.82 Å². The standard InChI is InChI=1S/C10H14N6O2S/c1-19(17,18)13-7-6-11-9-3-4-10(15-14-9)16-8-2-5-12-16/h2-5,8,13H,6-7H2,1H3,(H,11,14). The van der Waals surface area contributed by atoms with Crippen molar-refractivity contribution in [2.75, 3.05) is 24.7 Å². The van der Waals surface area contributed by atoms with Gasteiger partial charge in [-0.15, -0.1) is 10.2 Å². The molecule has 0 amide bonds. The summed E-state index contributed by atoms with van der Waals surface area (Å²) >= 11 is 0. The van der Waals surface area contributed by atoms with Gasteiger partial charge in [-0.3, -0.25) is 0 Å². The van der Waals surface area contributed by atoms with Crippen LogP contribution in [0.15, 0.2) is 30.6 Å². The molecule has 2 heterocycles. The summed E-state index contributed by atoms with van der Waals surface area (Å²) in [5.74, 6) is 1.19. The van der Waals surface area contributed by atoms with Gasteiger partial charge in [-0.2, -0.15) is 5.10 Å². The second kappa shape index (κ2) is 5.76. The molecule has 0 aliphatic rings. The maximum absolute atomic E-state index is 10.8. The predicted octanol–water partition coefficient (Wildman–Crippen LogP) is -0.377. The van der Waals surface area contributed by atoms with Crippen molar-refractivity contribution in [1.29, 1.82) is 0 Å². The zero-order valence-corrected chi connectivity index (χ0v) is 11.1. The maximum atomic E-state index is 10.8. The Bertz CT molecular complexity index is 608. The van der Waals surface area contributed by atoms with Crippen molar-refractivity contribution < 1.29 is 8.42 Å². The minimum atomic E-state index is -3.15. The zero-order chi connectivity index (χ0) is 13.7. The van der Waals surface area contributed by atoms with Crippen LogP contribution in [0.5, 0.6) is 0 Å². The maximum Gasteiger partial charge on any atom is 0.208 e. The third-order valence-electron chi connectivity index (χ3n) is 2.18. The molecule has 0 atom stereocenters. The lowest BCUT2D eigenvalue weighted by Crippen LogP contribution is -2.27. The Morgan fingerprint density at radius 2 is 2.11 bits per heavy atom. The van der Waals surface area contributed by atoms with E-state index in [1.165, 1.54) is 0 Å². The highest BCUT2D eigenvalue weighted by atomic mass is 32.2. The highest BCUT2D eigenvalue weighted by Gasteiger charge is 2.01. The number of nitrogens with one attached hydrogen (secondary N) is 2. The Kier molecular flexibility index (Phi) is 4.07. The van der Waals surface area contributed by atoms with Crippen LogP contribution < -0.4 is 10.0 Å². The highest BCUT2D eigenvalue weighted by molar-refractivity contribution is 7.88. The molecule has 2 aromatic rings. The van der Waals surface area contributed by atoms with E-state index in [4.69, 9.17) is 0 Å². The van der Waals surface area contributed by atoms with Gasteiger partial charge in [0.05, 0.1) is 6.26 Å². The van der Waals surface area contributed by atoms with Crippen molar-refractivity contribution in [3.05, 3.63) is 30.6 Å². The topological polar surface area (TPSA) is 102 Å². The molecule has 0 bridgehead atoms. The molecule has 8 nitrogen and oxygen atoms in total. The molecule has 0 fully saturated rings. The van der Waals surface area contributed by atoms with Gasteiger partial charge in [-0.1, -0.05) is 0 Å². The Balaban J connectivity index is 1.86. The predicted molar refractivity (Wildman–Crippen MR) is 70.5 cm³/mol. The Morgan fingerprint density at radius 1 is 1.26 bits per heavy atom. The monoisotopic (exact) mass is 282 g/mol. The lowest BCUT2D eigenvalue weighted by atomic mass is 10.5. The average Bonchev–Trinajstić information content (AvgIpc) is 2.88. The van der Waals surface area contributed by atoms with Crippen LogP contribution >= 0.6 is 0 Å². The molecular weight excluding hydrogens is 268 g/mol. The highest BCUT2D eigenvalue weighted by Crippen LogP contribution is 2.04. The third kappa shape index (κ3) is 4.30. The summed E-state index contributed by atoms with van der Waals surface area (Å²) in [6.45, 7) is 0.726. The van der Waals surface area contributed by atoms with E-state index in [9.17, 15) is 8.42 Å². The lowest BCUT2D eigenvalue weighted by molar-refractivity contribution is 0.589. The SMILES string of the molecule is CS(=O)(=O)NCCNc1ccc(-n2cccn2)nn1. The first kappa shape index (κ1) is 13.4. The van der Waals surface area contributed by atoms with Crippen LogP contribution in [0.2, 0.25) is 0 Å². The van der Waals surface area contributed by atoms with E-state index < -0.39 is 10.0 Å². The van der Waals surface area contributed by atoms with E-state index in [0.717, 1.165) is 6.26 Å². The quantitative estimate of drug-likeness (QED) is 0.700. The van der Waals surface area contributed by atoms with E-state index >= 15 is 0 Å². The molecule has 102 valence electrons. The second-order valence-corrected chi connectivity index (χ2v) is 5.65. The molecule has 0 saturated heterocycles. The first-order valence-electron chi connectivity index (χ1n) is 5.57. The van der Waals surface area contributed by atoms with E-state index in [0.29, 0.717) is 24.7 Å². The van der Waals surface area contributed by atoms with E-state index in [-0.39, 0.29) is 0 Å². The minimum absolute atomic E-state index is 0.293. The van der Waals surface area contributed by atoms with Crippen molar-refractivity contribution in [2.24, 2.45) is 0 Å². The van der Waals surface area contributed by atoms with E-state index in [1.807, 2.05) is 0 Å². The number of hydrogen-bond acceptors (Lipinski definition) is 6. The van der Waals surface area contributed by atoms with Gasteiger partial charge in [0.25, 0.3) is 0 Å². The van der Waals surface area contributed by atoms with Gasteiger partial charge in [0.2, 0.25) is 10.0 Å². The number of aromatic nitrogens is 4. The van der Waals surface area contributed by atoms with Crippen LogP contribution in [0.25, 0.3) is 5.82 Å². The second-order valence-electron chi connectivity index (χ2n) is 3.82. The molecule has 0 spiro atoms. The summed E-state index contributed by atoms with van der Waals surface area (Å²) in [6, 6.07) is 5.32. The van der Waals surface area contributed by atoms with Gasteiger partial charge >= 0.3 is 0 Å². The number of rotatable bonds is 6. The summed E-state index contributed by atoms with van der Waals surface area (Å²) in [5, 5.41) is 15.0. The summed E-state index contributed by atoms with van der Waals surface area (Å²) in [5.41, 5.74) is 0. The molecule has 0 aliphatic heterocycles. The first-order valence-corrected chi connectivity index (χ1v) is 7.46. The molecule has 0 aromatic carbocycles. The van der Waals surface area contributed by atoms with Crippen LogP contribution in [-0.4, -0.2) is 47.7 Å². The van der Waals surface area contributed by atoms with E-state index in [1.54, 1.807) is 35.3 Å². The van der Waals surface area contributed by atoms with Crippen LogP contribution in [0, 0.1) is 0 Å². The van der Waals surface area contributed by atoms with Gasteiger partial charge in [0.1, 0.15) is 5.82 Å². The van der Waals surface area contributed by atoms with Crippen LogP contribution in [0.1, 0.15) is 0 Å². The molecule has 19 heavy (non-hydrogen) atoms. The summed E-state index contributed by atoms with van der Waals surface area (Å²) in [4.78, 5) is 0. The van der Waals surface area contributed by atoms with Gasteiger partial charge in [0, 0.05) is 25.5 Å². The molecule has 2 rings (SSSR count). The third-order valence-corrected chi connectivity index (χ3v) is 2.91. The van der Waals surface area contributed by atoms with Gasteiger partial charge in [0.15, 0.2) is 5.82 Å². The van der Waals surface area contributed by atoms with E-state index in [2.05, 4.69) is 25.3 Å². The van der Waals surface area contributed by atoms with Crippen molar-refractivity contribution in [1.82, 2.24) is 24.7 Å². The van der Waals surface area contributed by atoms with Crippen LogP contribution in [-0.2, 0) is 10.0 Å². The van der Waals surface area contributed by atoms with Crippen molar-refractivity contribution in [3.8, 4) is 5.82 Å². The van der Waals surface area contributed by atoms with Gasteiger partial charge in [-0.25, -0.2) is 17.8 Å². The fraction of sp³-hybridized carbons (Fsp3) is 0.300. The minimum Gasteiger partial charge on any atom is -0.367 e. The smallest absolute Gasteiger partial charge is 0.208 e. The van der Waals surface area contributed by atoms with Crippen molar-refractivity contribution >= 4 is 15.8 Å².